The minimum Gasteiger partial charge on any atom is -0.322 e. The number of carbonyl (C=O) groups is 1. The van der Waals surface area contributed by atoms with Gasteiger partial charge in [0, 0.05) is 23.4 Å². The lowest BCUT2D eigenvalue weighted by Crippen LogP contribution is -2.08. The number of halogens is 3. The second-order valence-electron chi connectivity index (χ2n) is 4.01. The van der Waals surface area contributed by atoms with Crippen LogP contribution in [0.4, 0.5) is 18.9 Å². The van der Waals surface area contributed by atoms with Crippen LogP contribution in [0.5, 0.6) is 0 Å². The van der Waals surface area contributed by atoms with Crippen molar-refractivity contribution in [1.82, 2.24) is 0 Å². The molecule has 102 valence electrons. The minimum absolute atomic E-state index is 0.328. The van der Waals surface area contributed by atoms with Gasteiger partial charge in [-0.25, -0.2) is 13.2 Å². The zero-order valence-corrected chi connectivity index (χ0v) is 10.2. The van der Waals surface area contributed by atoms with Gasteiger partial charge < -0.3 is 5.32 Å². The molecule has 5 heteroatoms. The van der Waals surface area contributed by atoms with Crippen molar-refractivity contribution in [2.24, 2.45) is 0 Å². The Bertz CT molecular complexity index is 633. The van der Waals surface area contributed by atoms with E-state index in [4.69, 9.17) is 0 Å². The molecule has 0 atom stereocenters. The summed E-state index contributed by atoms with van der Waals surface area (Å²) in [6, 6.07) is 10.7. The lowest BCUT2D eigenvalue weighted by Gasteiger charge is -2.02. The quantitative estimate of drug-likeness (QED) is 0.847. The molecule has 0 aromatic heterocycles. The zero-order chi connectivity index (χ0) is 14.5. The average Bonchev–Trinajstić information content (AvgIpc) is 2.38. The summed E-state index contributed by atoms with van der Waals surface area (Å²) in [6.45, 7) is 0. The molecule has 2 rings (SSSR count). The molecular formula is C15H10F3NO. The fraction of sp³-hybridized carbons (Fsp3) is 0. The molecule has 20 heavy (non-hydrogen) atoms. The smallest absolute Gasteiger partial charge is 0.251 e. The monoisotopic (exact) mass is 277 g/mol. The molecule has 1 amide bonds. The Labute approximate surface area is 113 Å². The molecule has 0 fully saturated rings. The number of amides is 1. The van der Waals surface area contributed by atoms with E-state index < -0.39 is 23.4 Å². The lowest BCUT2D eigenvalue weighted by atomic mass is 10.2. The molecule has 0 saturated carbocycles. The SMILES string of the molecule is O=C(/C=C(/F)c1cc(F)cc(F)c1)Nc1ccccc1. The summed E-state index contributed by atoms with van der Waals surface area (Å²) in [4.78, 5) is 11.6. The van der Waals surface area contributed by atoms with Crippen molar-refractivity contribution >= 4 is 17.4 Å². The van der Waals surface area contributed by atoms with Gasteiger partial charge in [0.15, 0.2) is 0 Å². The molecule has 0 heterocycles. The Morgan fingerprint density at radius 1 is 1.00 bits per heavy atom. The summed E-state index contributed by atoms with van der Waals surface area (Å²) in [5.41, 5.74) is 0.165. The molecule has 0 spiro atoms. The standard InChI is InChI=1S/C15H10F3NO/c16-11-6-10(7-12(17)8-11)14(18)9-15(20)19-13-4-2-1-3-5-13/h1-9H,(H,19,20)/b14-9+. The number of hydrogen-bond donors (Lipinski definition) is 1. The lowest BCUT2D eigenvalue weighted by molar-refractivity contribution is -0.111. The van der Waals surface area contributed by atoms with E-state index >= 15 is 0 Å². The Balaban J connectivity index is 2.15. The summed E-state index contributed by atoms with van der Waals surface area (Å²) in [5.74, 6) is -3.56. The molecule has 2 aromatic carbocycles. The highest BCUT2D eigenvalue weighted by atomic mass is 19.1. The molecule has 0 aliphatic heterocycles. The highest BCUT2D eigenvalue weighted by Crippen LogP contribution is 2.19. The van der Waals surface area contributed by atoms with Crippen LogP contribution in [0, 0.1) is 11.6 Å². The molecule has 0 radical (unpaired) electrons. The maximum atomic E-state index is 13.7. The van der Waals surface area contributed by atoms with Crippen LogP contribution in [0.15, 0.2) is 54.6 Å². The molecule has 0 aliphatic rings. The summed E-state index contributed by atoms with van der Waals surface area (Å²) in [6.07, 6.45) is 0.640. The minimum atomic E-state index is -1.02. The van der Waals surface area contributed by atoms with Crippen molar-refractivity contribution in [1.29, 1.82) is 0 Å². The normalized spacial score (nSPS) is 11.2. The van der Waals surface area contributed by atoms with E-state index in [-0.39, 0.29) is 5.56 Å². The average molecular weight is 277 g/mol. The fourth-order valence-electron chi connectivity index (χ4n) is 1.59. The molecule has 2 aromatic rings. The van der Waals surface area contributed by atoms with Gasteiger partial charge in [0.2, 0.25) is 0 Å². The highest BCUT2D eigenvalue weighted by Gasteiger charge is 2.08. The Morgan fingerprint density at radius 3 is 2.20 bits per heavy atom. The first-order chi connectivity index (χ1) is 9.54. The van der Waals surface area contributed by atoms with E-state index in [1.54, 1.807) is 30.3 Å². The fourth-order valence-corrected chi connectivity index (χ4v) is 1.59. The number of benzene rings is 2. The van der Waals surface area contributed by atoms with Crippen LogP contribution in [-0.2, 0) is 4.79 Å². The van der Waals surface area contributed by atoms with Gasteiger partial charge >= 0.3 is 0 Å². The summed E-state index contributed by atoms with van der Waals surface area (Å²) in [5, 5.41) is 2.43. The summed E-state index contributed by atoms with van der Waals surface area (Å²) >= 11 is 0. The first-order valence-electron chi connectivity index (χ1n) is 5.74. The Morgan fingerprint density at radius 2 is 1.60 bits per heavy atom. The molecule has 0 bridgehead atoms. The van der Waals surface area contributed by atoms with Gasteiger partial charge in [-0.1, -0.05) is 18.2 Å². The topological polar surface area (TPSA) is 29.1 Å². The third-order valence-corrected chi connectivity index (χ3v) is 2.44. The van der Waals surface area contributed by atoms with Crippen LogP contribution in [0.25, 0.3) is 5.83 Å². The van der Waals surface area contributed by atoms with Gasteiger partial charge in [-0.2, -0.15) is 0 Å². The van der Waals surface area contributed by atoms with Crippen molar-refractivity contribution in [3.63, 3.8) is 0 Å². The van der Waals surface area contributed by atoms with E-state index in [0.29, 0.717) is 17.8 Å². The van der Waals surface area contributed by atoms with Crippen molar-refractivity contribution in [2.45, 2.75) is 0 Å². The number of nitrogens with one attached hydrogen (secondary N) is 1. The number of carbonyl (C=O) groups excluding carboxylic acids is 1. The van der Waals surface area contributed by atoms with E-state index in [1.807, 2.05) is 0 Å². The number of hydrogen-bond acceptors (Lipinski definition) is 1. The van der Waals surface area contributed by atoms with Crippen LogP contribution < -0.4 is 5.32 Å². The van der Waals surface area contributed by atoms with Crippen LogP contribution in [0.3, 0.4) is 0 Å². The predicted molar refractivity (Wildman–Crippen MR) is 70.5 cm³/mol. The second kappa shape index (κ2) is 6.06. The molecule has 1 N–H and O–H groups in total. The van der Waals surface area contributed by atoms with Crippen LogP contribution in [0.1, 0.15) is 5.56 Å². The molecule has 0 aliphatic carbocycles. The van der Waals surface area contributed by atoms with E-state index in [1.165, 1.54) is 0 Å². The van der Waals surface area contributed by atoms with Crippen molar-refractivity contribution in [3.05, 3.63) is 71.8 Å². The van der Waals surface area contributed by atoms with E-state index in [9.17, 15) is 18.0 Å². The van der Waals surface area contributed by atoms with Gasteiger partial charge in [-0.15, -0.1) is 0 Å². The van der Waals surface area contributed by atoms with Crippen molar-refractivity contribution < 1.29 is 18.0 Å². The zero-order valence-electron chi connectivity index (χ0n) is 10.2. The van der Waals surface area contributed by atoms with Crippen molar-refractivity contribution in [2.75, 3.05) is 5.32 Å². The van der Waals surface area contributed by atoms with E-state index in [2.05, 4.69) is 5.32 Å². The first-order valence-corrected chi connectivity index (χ1v) is 5.74. The van der Waals surface area contributed by atoms with Crippen LogP contribution in [0.2, 0.25) is 0 Å². The van der Waals surface area contributed by atoms with Gasteiger partial charge in [-0.3, -0.25) is 4.79 Å². The van der Waals surface area contributed by atoms with Crippen molar-refractivity contribution in [3.8, 4) is 0 Å². The van der Waals surface area contributed by atoms with Gasteiger partial charge in [-0.05, 0) is 24.3 Å². The van der Waals surface area contributed by atoms with Crippen LogP contribution in [-0.4, -0.2) is 5.91 Å². The predicted octanol–water partition coefficient (Wildman–Crippen LogP) is 3.91. The highest BCUT2D eigenvalue weighted by molar-refractivity contribution is 6.03. The maximum Gasteiger partial charge on any atom is 0.251 e. The third kappa shape index (κ3) is 3.71. The van der Waals surface area contributed by atoms with E-state index in [0.717, 1.165) is 12.1 Å². The molecule has 2 nitrogen and oxygen atoms in total. The van der Waals surface area contributed by atoms with Gasteiger partial charge in [0.1, 0.15) is 17.5 Å². The number of para-hydroxylation sites is 1. The number of rotatable bonds is 3. The molecular weight excluding hydrogens is 267 g/mol. The molecule has 0 unspecified atom stereocenters. The Hall–Kier alpha value is -2.56. The number of anilines is 1. The largest absolute Gasteiger partial charge is 0.322 e. The summed E-state index contributed by atoms with van der Waals surface area (Å²) < 4.78 is 39.6. The first kappa shape index (κ1) is 13.9. The third-order valence-electron chi connectivity index (χ3n) is 2.44. The summed E-state index contributed by atoms with van der Waals surface area (Å²) in [7, 11) is 0. The van der Waals surface area contributed by atoms with Gasteiger partial charge in [0.05, 0.1) is 0 Å². The molecule has 0 saturated heterocycles. The second-order valence-corrected chi connectivity index (χ2v) is 4.01. The van der Waals surface area contributed by atoms with Crippen LogP contribution >= 0.6 is 0 Å². The maximum absolute atomic E-state index is 13.7. The Kier molecular flexibility index (Phi) is 4.20. The van der Waals surface area contributed by atoms with Gasteiger partial charge in [0.25, 0.3) is 5.91 Å².